The lowest BCUT2D eigenvalue weighted by atomic mass is 10.1. The molecule has 0 spiro atoms. The van der Waals surface area contributed by atoms with Gasteiger partial charge >= 0.3 is 0 Å². The van der Waals surface area contributed by atoms with Crippen LogP contribution in [0, 0.1) is 12.7 Å². The largest absolute Gasteiger partial charge is 0.289 e. The minimum Gasteiger partial charge on any atom is -0.289 e. The Morgan fingerprint density at radius 2 is 2.25 bits per heavy atom. The fourth-order valence-electron chi connectivity index (χ4n) is 1.01. The van der Waals surface area contributed by atoms with Crippen molar-refractivity contribution in [3.8, 4) is 0 Å². The van der Waals surface area contributed by atoms with Gasteiger partial charge in [0, 0.05) is 5.56 Å². The molecule has 0 aliphatic rings. The van der Waals surface area contributed by atoms with E-state index >= 15 is 0 Å². The standard InChI is InChI=1S/C10H9FO/c1-3-10(12)9-5-4-8(11)6-7(9)2/h3-6H,1H2,2H3. The average molecular weight is 164 g/mol. The van der Waals surface area contributed by atoms with Gasteiger partial charge in [-0.3, -0.25) is 4.79 Å². The quantitative estimate of drug-likeness (QED) is 0.484. The van der Waals surface area contributed by atoms with Crippen LogP contribution >= 0.6 is 0 Å². The number of halogens is 1. The van der Waals surface area contributed by atoms with Gasteiger partial charge in [0.05, 0.1) is 0 Å². The van der Waals surface area contributed by atoms with E-state index in [-0.39, 0.29) is 11.6 Å². The number of allylic oxidation sites excluding steroid dienone is 1. The van der Waals surface area contributed by atoms with E-state index in [1.165, 1.54) is 24.3 Å². The third-order valence-electron chi connectivity index (χ3n) is 1.64. The highest BCUT2D eigenvalue weighted by Crippen LogP contribution is 2.10. The molecule has 0 radical (unpaired) electrons. The van der Waals surface area contributed by atoms with Gasteiger partial charge in [-0.1, -0.05) is 6.58 Å². The molecule has 0 aliphatic carbocycles. The van der Waals surface area contributed by atoms with Crippen LogP contribution in [0.3, 0.4) is 0 Å². The molecule has 62 valence electrons. The number of hydrogen-bond donors (Lipinski definition) is 0. The molecule has 0 atom stereocenters. The number of rotatable bonds is 2. The molecule has 1 rings (SSSR count). The number of hydrogen-bond acceptors (Lipinski definition) is 1. The van der Waals surface area contributed by atoms with Gasteiger partial charge in [-0.2, -0.15) is 0 Å². The van der Waals surface area contributed by atoms with Crippen LogP contribution in [-0.2, 0) is 0 Å². The van der Waals surface area contributed by atoms with E-state index in [2.05, 4.69) is 6.58 Å². The van der Waals surface area contributed by atoms with Crippen LogP contribution in [-0.4, -0.2) is 5.78 Å². The third-order valence-corrected chi connectivity index (χ3v) is 1.64. The zero-order valence-electron chi connectivity index (χ0n) is 6.80. The molecule has 0 saturated carbocycles. The first-order valence-electron chi connectivity index (χ1n) is 3.58. The highest BCUT2D eigenvalue weighted by atomic mass is 19.1. The summed E-state index contributed by atoms with van der Waals surface area (Å²) >= 11 is 0. The Labute approximate surface area is 70.5 Å². The lowest BCUT2D eigenvalue weighted by molar-refractivity contribution is 0.104. The van der Waals surface area contributed by atoms with Crippen LogP contribution in [0.5, 0.6) is 0 Å². The molecular formula is C10H9FO. The van der Waals surface area contributed by atoms with Gasteiger partial charge in [0.1, 0.15) is 5.82 Å². The average Bonchev–Trinajstić information content (AvgIpc) is 2.03. The summed E-state index contributed by atoms with van der Waals surface area (Å²) in [7, 11) is 0. The Balaban J connectivity index is 3.18. The molecule has 1 nitrogen and oxygen atoms in total. The van der Waals surface area contributed by atoms with Crippen molar-refractivity contribution in [2.24, 2.45) is 0 Å². The smallest absolute Gasteiger partial charge is 0.185 e. The first-order valence-corrected chi connectivity index (χ1v) is 3.58. The van der Waals surface area contributed by atoms with E-state index in [0.29, 0.717) is 11.1 Å². The van der Waals surface area contributed by atoms with Gasteiger partial charge in [0.25, 0.3) is 0 Å². The number of benzene rings is 1. The second-order valence-electron chi connectivity index (χ2n) is 2.53. The Kier molecular flexibility index (Phi) is 2.38. The Hall–Kier alpha value is -1.44. The van der Waals surface area contributed by atoms with Gasteiger partial charge in [0.15, 0.2) is 5.78 Å². The lowest BCUT2D eigenvalue weighted by Gasteiger charge is -2.00. The SMILES string of the molecule is C=CC(=O)c1ccc(F)cc1C. The fraction of sp³-hybridized carbons (Fsp3) is 0.100. The zero-order chi connectivity index (χ0) is 9.14. The molecule has 0 amide bonds. The van der Waals surface area contributed by atoms with Gasteiger partial charge in [-0.25, -0.2) is 4.39 Å². The van der Waals surface area contributed by atoms with Crippen molar-refractivity contribution < 1.29 is 9.18 Å². The number of ketones is 1. The highest BCUT2D eigenvalue weighted by molar-refractivity contribution is 6.05. The van der Waals surface area contributed by atoms with Gasteiger partial charge in [-0.15, -0.1) is 0 Å². The summed E-state index contributed by atoms with van der Waals surface area (Å²) in [5.74, 6) is -0.499. The first-order chi connectivity index (χ1) is 5.65. The molecule has 0 bridgehead atoms. The lowest BCUT2D eigenvalue weighted by Crippen LogP contribution is -1.97. The van der Waals surface area contributed by atoms with E-state index in [1.54, 1.807) is 6.92 Å². The Bertz CT molecular complexity index is 329. The number of aryl methyl sites for hydroxylation is 1. The van der Waals surface area contributed by atoms with E-state index in [1.807, 2.05) is 0 Å². The molecule has 1 aromatic carbocycles. The predicted molar refractivity (Wildman–Crippen MR) is 45.7 cm³/mol. The summed E-state index contributed by atoms with van der Waals surface area (Å²) in [6.07, 6.45) is 1.22. The monoisotopic (exact) mass is 164 g/mol. The van der Waals surface area contributed by atoms with Gasteiger partial charge < -0.3 is 0 Å². The van der Waals surface area contributed by atoms with Gasteiger partial charge in [-0.05, 0) is 36.8 Å². The number of carbonyl (C=O) groups is 1. The normalized spacial score (nSPS) is 9.50. The topological polar surface area (TPSA) is 17.1 Å². The van der Waals surface area contributed by atoms with Crippen molar-refractivity contribution in [1.29, 1.82) is 0 Å². The van der Waals surface area contributed by atoms with Crippen molar-refractivity contribution in [1.82, 2.24) is 0 Å². The summed E-state index contributed by atoms with van der Waals surface area (Å²) in [6, 6.07) is 4.06. The maximum Gasteiger partial charge on any atom is 0.185 e. The maximum atomic E-state index is 12.6. The van der Waals surface area contributed by atoms with Crippen molar-refractivity contribution >= 4 is 5.78 Å². The van der Waals surface area contributed by atoms with E-state index in [0.717, 1.165) is 0 Å². The van der Waals surface area contributed by atoms with Crippen LogP contribution in [0.2, 0.25) is 0 Å². The molecule has 0 heterocycles. The van der Waals surface area contributed by atoms with Crippen molar-refractivity contribution in [2.45, 2.75) is 6.92 Å². The molecule has 1 aromatic rings. The summed E-state index contributed by atoms with van der Waals surface area (Å²) < 4.78 is 12.6. The fourth-order valence-corrected chi connectivity index (χ4v) is 1.01. The van der Waals surface area contributed by atoms with Crippen molar-refractivity contribution in [3.05, 3.63) is 47.8 Å². The number of carbonyl (C=O) groups excluding carboxylic acids is 1. The molecular weight excluding hydrogens is 155 g/mol. The molecule has 0 aliphatic heterocycles. The van der Waals surface area contributed by atoms with Crippen molar-refractivity contribution in [2.75, 3.05) is 0 Å². The minimum atomic E-state index is -0.326. The van der Waals surface area contributed by atoms with Crippen molar-refractivity contribution in [3.63, 3.8) is 0 Å². The van der Waals surface area contributed by atoms with E-state index < -0.39 is 0 Å². The molecule has 0 unspecified atom stereocenters. The maximum absolute atomic E-state index is 12.6. The third kappa shape index (κ3) is 1.59. The predicted octanol–water partition coefficient (Wildman–Crippen LogP) is 2.50. The molecule has 0 saturated heterocycles. The molecule has 12 heavy (non-hydrogen) atoms. The molecule has 0 N–H and O–H groups in total. The Morgan fingerprint density at radius 1 is 1.58 bits per heavy atom. The highest BCUT2D eigenvalue weighted by Gasteiger charge is 2.04. The summed E-state index contributed by atoms with van der Waals surface area (Å²) in [4.78, 5) is 11.1. The summed E-state index contributed by atoms with van der Waals surface area (Å²) in [6.45, 7) is 5.05. The van der Waals surface area contributed by atoms with Crippen LogP contribution in [0.15, 0.2) is 30.9 Å². The Morgan fingerprint density at radius 3 is 2.75 bits per heavy atom. The molecule has 2 heteroatoms. The van der Waals surface area contributed by atoms with Crippen LogP contribution in [0.4, 0.5) is 4.39 Å². The van der Waals surface area contributed by atoms with E-state index in [4.69, 9.17) is 0 Å². The zero-order valence-corrected chi connectivity index (χ0v) is 6.80. The molecule has 0 fully saturated rings. The minimum absolute atomic E-state index is 0.174. The van der Waals surface area contributed by atoms with Crippen LogP contribution in [0.25, 0.3) is 0 Å². The van der Waals surface area contributed by atoms with Gasteiger partial charge in [0.2, 0.25) is 0 Å². The second-order valence-corrected chi connectivity index (χ2v) is 2.53. The van der Waals surface area contributed by atoms with Crippen LogP contribution in [0.1, 0.15) is 15.9 Å². The van der Waals surface area contributed by atoms with E-state index in [9.17, 15) is 9.18 Å². The first kappa shape index (κ1) is 8.65. The summed E-state index contributed by atoms with van der Waals surface area (Å²) in [5.41, 5.74) is 1.14. The molecule has 0 aromatic heterocycles. The second kappa shape index (κ2) is 3.30. The van der Waals surface area contributed by atoms with Crippen LogP contribution < -0.4 is 0 Å². The summed E-state index contributed by atoms with van der Waals surface area (Å²) in [5, 5.41) is 0.